The average molecular weight is 459 g/mol. The van der Waals surface area contributed by atoms with E-state index in [2.05, 4.69) is 27.6 Å². The van der Waals surface area contributed by atoms with Gasteiger partial charge in [0, 0.05) is 11.7 Å². The summed E-state index contributed by atoms with van der Waals surface area (Å²) in [4.78, 5) is 12.8. The lowest BCUT2D eigenvalue weighted by molar-refractivity contribution is -0.113. The summed E-state index contributed by atoms with van der Waals surface area (Å²) in [5, 5.41) is 12.2. The highest BCUT2D eigenvalue weighted by Gasteiger charge is 2.31. The number of carbonyl (C=O) groups is 1. The molecule has 1 N–H and O–H groups in total. The number of carbonyl (C=O) groups excluding carboxylic acids is 1. The summed E-state index contributed by atoms with van der Waals surface area (Å²) < 4.78 is 16.3. The van der Waals surface area contributed by atoms with Gasteiger partial charge in [-0.3, -0.25) is 9.36 Å². The van der Waals surface area contributed by atoms with Crippen molar-refractivity contribution >= 4 is 23.4 Å². The first-order chi connectivity index (χ1) is 16.2. The number of benzene rings is 3. The fourth-order valence-electron chi connectivity index (χ4n) is 3.79. The summed E-state index contributed by atoms with van der Waals surface area (Å²) in [7, 11) is 0. The van der Waals surface area contributed by atoms with E-state index in [0.717, 1.165) is 30.5 Å². The summed E-state index contributed by atoms with van der Waals surface area (Å²) in [6.45, 7) is 0. The number of halogens is 1. The van der Waals surface area contributed by atoms with Crippen LogP contribution in [0.25, 0.3) is 11.4 Å². The van der Waals surface area contributed by atoms with Crippen LogP contribution in [0.5, 0.6) is 0 Å². The van der Waals surface area contributed by atoms with Crippen molar-refractivity contribution in [2.75, 3.05) is 11.1 Å². The summed E-state index contributed by atoms with van der Waals surface area (Å²) in [5.74, 6) is 0.281. The number of aromatic nitrogens is 3. The summed E-state index contributed by atoms with van der Waals surface area (Å²) in [5.41, 5.74) is 3.49. The average Bonchev–Trinajstić information content (AvgIpc) is 3.59. The molecular formula is C26H23FN4OS. The van der Waals surface area contributed by atoms with E-state index in [1.165, 1.54) is 23.4 Å². The lowest BCUT2D eigenvalue weighted by Gasteiger charge is -2.12. The van der Waals surface area contributed by atoms with Crippen molar-refractivity contribution in [3.05, 3.63) is 95.8 Å². The van der Waals surface area contributed by atoms with Crippen LogP contribution in [-0.2, 0) is 11.2 Å². The van der Waals surface area contributed by atoms with E-state index >= 15 is 0 Å². The Hall–Kier alpha value is -3.45. The normalized spacial score (nSPS) is 13.1. The highest BCUT2D eigenvalue weighted by molar-refractivity contribution is 7.99. The van der Waals surface area contributed by atoms with E-state index in [1.54, 1.807) is 18.2 Å². The number of hydrogen-bond donors (Lipinski definition) is 1. The molecule has 0 unspecified atom stereocenters. The van der Waals surface area contributed by atoms with Gasteiger partial charge in [0.2, 0.25) is 5.91 Å². The molecule has 0 bridgehead atoms. The molecule has 1 aliphatic carbocycles. The quantitative estimate of drug-likeness (QED) is 0.342. The highest BCUT2D eigenvalue weighted by atomic mass is 32.2. The first-order valence-corrected chi connectivity index (χ1v) is 11.9. The molecule has 33 heavy (non-hydrogen) atoms. The molecule has 0 radical (unpaired) electrons. The second-order valence-electron chi connectivity index (χ2n) is 8.04. The zero-order valence-electron chi connectivity index (χ0n) is 17.9. The van der Waals surface area contributed by atoms with Crippen LogP contribution >= 0.6 is 11.8 Å². The van der Waals surface area contributed by atoms with Crippen LogP contribution in [0, 0.1) is 5.82 Å². The second kappa shape index (κ2) is 9.58. The van der Waals surface area contributed by atoms with E-state index in [0.29, 0.717) is 16.5 Å². The number of nitrogens with one attached hydrogen (secondary N) is 1. The highest BCUT2D eigenvalue weighted by Crippen LogP contribution is 2.41. The Balaban J connectivity index is 1.29. The molecule has 0 aliphatic heterocycles. The molecule has 166 valence electrons. The fourth-order valence-corrected chi connectivity index (χ4v) is 4.60. The predicted octanol–water partition coefficient (Wildman–Crippen LogP) is 5.74. The molecule has 4 aromatic rings. The molecule has 5 nitrogen and oxygen atoms in total. The number of hydrogen-bond acceptors (Lipinski definition) is 4. The molecule has 0 saturated heterocycles. The molecule has 1 fully saturated rings. The van der Waals surface area contributed by atoms with Crippen molar-refractivity contribution in [1.29, 1.82) is 0 Å². The van der Waals surface area contributed by atoms with Crippen LogP contribution in [-0.4, -0.2) is 26.4 Å². The zero-order chi connectivity index (χ0) is 22.6. The fraction of sp³-hybridized carbons (Fsp3) is 0.192. The van der Waals surface area contributed by atoms with Gasteiger partial charge in [-0.1, -0.05) is 72.4 Å². The number of anilines is 1. The number of thioether (sulfide) groups is 1. The maximum atomic E-state index is 14.3. The Morgan fingerprint density at radius 3 is 2.48 bits per heavy atom. The van der Waals surface area contributed by atoms with Gasteiger partial charge < -0.3 is 5.32 Å². The third kappa shape index (κ3) is 4.98. The molecule has 1 heterocycles. The van der Waals surface area contributed by atoms with Gasteiger partial charge in [0.1, 0.15) is 5.82 Å². The van der Waals surface area contributed by atoms with Crippen LogP contribution in [0.2, 0.25) is 0 Å². The van der Waals surface area contributed by atoms with Crippen molar-refractivity contribution in [2.45, 2.75) is 30.5 Å². The Labute approximate surface area is 196 Å². The van der Waals surface area contributed by atoms with Crippen molar-refractivity contribution in [3.63, 3.8) is 0 Å². The Bertz CT molecular complexity index is 1270. The number of nitrogens with zero attached hydrogens (tertiary/aromatic N) is 3. The maximum Gasteiger partial charge on any atom is 0.234 e. The molecule has 3 aromatic carbocycles. The van der Waals surface area contributed by atoms with Crippen LogP contribution in [0.1, 0.15) is 30.0 Å². The van der Waals surface area contributed by atoms with Gasteiger partial charge in [-0.15, -0.1) is 10.2 Å². The summed E-state index contributed by atoms with van der Waals surface area (Å²) in [6.07, 6.45) is 2.75. The minimum Gasteiger partial charge on any atom is -0.325 e. The van der Waals surface area contributed by atoms with E-state index in [9.17, 15) is 9.18 Å². The minimum atomic E-state index is -0.323. The molecule has 1 aliphatic rings. The van der Waals surface area contributed by atoms with E-state index in [1.807, 2.05) is 47.0 Å². The molecule has 7 heteroatoms. The first-order valence-electron chi connectivity index (χ1n) is 10.9. The zero-order valence-corrected chi connectivity index (χ0v) is 18.8. The van der Waals surface area contributed by atoms with Crippen molar-refractivity contribution in [3.8, 4) is 11.4 Å². The predicted molar refractivity (Wildman–Crippen MR) is 129 cm³/mol. The number of amides is 1. The topological polar surface area (TPSA) is 59.8 Å². The van der Waals surface area contributed by atoms with Gasteiger partial charge in [-0.05, 0) is 48.6 Å². The van der Waals surface area contributed by atoms with E-state index in [4.69, 9.17) is 0 Å². The number of rotatable bonds is 8. The van der Waals surface area contributed by atoms with Crippen LogP contribution in [0.15, 0.2) is 84.0 Å². The third-order valence-corrected chi connectivity index (χ3v) is 6.50. The van der Waals surface area contributed by atoms with E-state index in [-0.39, 0.29) is 23.5 Å². The Morgan fingerprint density at radius 2 is 1.70 bits per heavy atom. The first kappa shape index (κ1) is 21.4. The second-order valence-corrected chi connectivity index (χ2v) is 8.99. The van der Waals surface area contributed by atoms with Crippen LogP contribution in [0.3, 0.4) is 0 Å². The molecule has 1 aromatic heterocycles. The maximum absolute atomic E-state index is 14.3. The molecule has 0 spiro atoms. The van der Waals surface area contributed by atoms with Crippen molar-refractivity contribution in [1.82, 2.24) is 14.8 Å². The Kier molecular flexibility index (Phi) is 6.21. The lowest BCUT2D eigenvalue weighted by Crippen LogP contribution is -2.16. The smallest absolute Gasteiger partial charge is 0.234 e. The van der Waals surface area contributed by atoms with Gasteiger partial charge >= 0.3 is 0 Å². The molecular weight excluding hydrogens is 435 g/mol. The minimum absolute atomic E-state index is 0.113. The SMILES string of the molecule is O=C(CSc1nnc(-c2ccccc2F)n1C1CC1)Nc1ccccc1Cc1ccccc1. The molecule has 0 atom stereocenters. The third-order valence-electron chi connectivity index (χ3n) is 5.55. The van der Waals surface area contributed by atoms with E-state index < -0.39 is 0 Å². The lowest BCUT2D eigenvalue weighted by atomic mass is 10.0. The monoisotopic (exact) mass is 458 g/mol. The molecule has 1 saturated carbocycles. The molecule has 5 rings (SSSR count). The van der Waals surface area contributed by atoms with Crippen molar-refractivity contribution < 1.29 is 9.18 Å². The molecule has 1 amide bonds. The summed E-state index contributed by atoms with van der Waals surface area (Å²) >= 11 is 1.33. The van der Waals surface area contributed by atoms with Crippen LogP contribution < -0.4 is 5.32 Å². The largest absolute Gasteiger partial charge is 0.325 e. The van der Waals surface area contributed by atoms with Gasteiger partial charge in [-0.25, -0.2) is 4.39 Å². The van der Waals surface area contributed by atoms with Gasteiger partial charge in [0.25, 0.3) is 0 Å². The summed E-state index contributed by atoms with van der Waals surface area (Å²) in [6, 6.07) is 24.9. The van der Waals surface area contributed by atoms with Gasteiger partial charge in [-0.2, -0.15) is 0 Å². The standard InChI is InChI=1S/C26H23FN4OS/c27-22-12-6-5-11-21(22)25-29-30-26(31(25)20-14-15-20)33-17-24(32)28-23-13-7-4-10-19(23)16-18-8-2-1-3-9-18/h1-13,20H,14-17H2,(H,28,32). The van der Waals surface area contributed by atoms with Crippen LogP contribution in [0.4, 0.5) is 10.1 Å². The van der Waals surface area contributed by atoms with Crippen molar-refractivity contribution in [2.24, 2.45) is 0 Å². The Morgan fingerprint density at radius 1 is 0.970 bits per heavy atom. The van der Waals surface area contributed by atoms with Gasteiger partial charge in [0.15, 0.2) is 11.0 Å². The van der Waals surface area contributed by atoms with Gasteiger partial charge in [0.05, 0.1) is 11.3 Å². The number of para-hydroxylation sites is 1.